The Morgan fingerprint density at radius 3 is 3.06 bits per heavy atom. The number of carbonyl (C=O) groups is 1. The van der Waals surface area contributed by atoms with Crippen molar-refractivity contribution in [2.24, 2.45) is 5.92 Å². The Labute approximate surface area is 116 Å². The van der Waals surface area contributed by atoms with Crippen molar-refractivity contribution in [2.75, 3.05) is 13.1 Å². The zero-order valence-electron chi connectivity index (χ0n) is 10.6. The first kappa shape index (κ1) is 13.6. The maximum Gasteiger partial charge on any atom is 0.224 e. The average molecular weight is 311 g/mol. The summed E-state index contributed by atoms with van der Waals surface area (Å²) in [7, 11) is 0. The Bertz CT molecular complexity index is 416. The van der Waals surface area contributed by atoms with Gasteiger partial charge >= 0.3 is 0 Å². The molecule has 1 aliphatic rings. The highest BCUT2D eigenvalue weighted by Gasteiger charge is 2.22. The molecule has 1 amide bonds. The van der Waals surface area contributed by atoms with E-state index in [2.05, 4.69) is 26.6 Å². The molecule has 0 aliphatic carbocycles. The number of carbonyl (C=O) groups excluding carboxylic acids is 1. The van der Waals surface area contributed by atoms with E-state index >= 15 is 0 Å². The lowest BCUT2D eigenvalue weighted by molar-refractivity contribution is -0.126. The molecule has 2 atom stereocenters. The summed E-state index contributed by atoms with van der Waals surface area (Å²) >= 11 is 3.45. The molecule has 0 radical (unpaired) electrons. The van der Waals surface area contributed by atoms with Crippen LogP contribution < -0.4 is 10.6 Å². The second kappa shape index (κ2) is 6.34. The highest BCUT2D eigenvalue weighted by Crippen LogP contribution is 2.19. The van der Waals surface area contributed by atoms with Crippen molar-refractivity contribution in [1.82, 2.24) is 10.6 Å². The molecule has 0 bridgehead atoms. The van der Waals surface area contributed by atoms with E-state index < -0.39 is 0 Å². The SMILES string of the molecule is CC(NC(=O)C1CCCNC1)c1cccc(Br)c1. The molecule has 1 saturated heterocycles. The molecule has 0 saturated carbocycles. The van der Waals surface area contributed by atoms with Gasteiger partial charge in [0.1, 0.15) is 0 Å². The fourth-order valence-electron chi connectivity index (χ4n) is 2.27. The lowest BCUT2D eigenvalue weighted by Crippen LogP contribution is -2.41. The molecule has 0 spiro atoms. The van der Waals surface area contributed by atoms with Gasteiger partial charge in [-0.2, -0.15) is 0 Å². The van der Waals surface area contributed by atoms with E-state index in [9.17, 15) is 4.79 Å². The number of benzene rings is 1. The van der Waals surface area contributed by atoms with E-state index in [1.807, 2.05) is 31.2 Å². The molecule has 2 unspecified atom stereocenters. The Morgan fingerprint density at radius 2 is 2.39 bits per heavy atom. The molecule has 1 aromatic carbocycles. The summed E-state index contributed by atoms with van der Waals surface area (Å²) in [6, 6.07) is 8.11. The standard InChI is InChI=1S/C14H19BrN2O/c1-10(11-4-2-6-13(15)8-11)17-14(18)12-5-3-7-16-9-12/h2,4,6,8,10,12,16H,3,5,7,9H2,1H3,(H,17,18). The zero-order chi connectivity index (χ0) is 13.0. The molecular formula is C14H19BrN2O. The van der Waals surface area contributed by atoms with Gasteiger partial charge in [0.2, 0.25) is 5.91 Å². The van der Waals surface area contributed by atoms with Gasteiger partial charge < -0.3 is 10.6 Å². The average Bonchev–Trinajstić information content (AvgIpc) is 2.39. The van der Waals surface area contributed by atoms with E-state index in [-0.39, 0.29) is 17.9 Å². The number of piperidine rings is 1. The van der Waals surface area contributed by atoms with E-state index in [0.717, 1.165) is 36.0 Å². The molecule has 18 heavy (non-hydrogen) atoms. The van der Waals surface area contributed by atoms with Crippen LogP contribution in [-0.4, -0.2) is 19.0 Å². The summed E-state index contributed by atoms with van der Waals surface area (Å²) in [5.41, 5.74) is 1.13. The zero-order valence-corrected chi connectivity index (χ0v) is 12.2. The van der Waals surface area contributed by atoms with Crippen molar-refractivity contribution in [2.45, 2.75) is 25.8 Å². The van der Waals surface area contributed by atoms with Gasteiger partial charge in [-0.05, 0) is 44.0 Å². The first-order valence-corrected chi connectivity index (χ1v) is 7.22. The molecule has 3 nitrogen and oxygen atoms in total. The van der Waals surface area contributed by atoms with Gasteiger partial charge in [0.25, 0.3) is 0 Å². The molecule has 1 aromatic rings. The molecule has 4 heteroatoms. The van der Waals surface area contributed by atoms with Crippen LogP contribution in [0.2, 0.25) is 0 Å². The van der Waals surface area contributed by atoms with Crippen LogP contribution in [0, 0.1) is 5.92 Å². The number of rotatable bonds is 3. The van der Waals surface area contributed by atoms with Crippen molar-refractivity contribution in [3.05, 3.63) is 34.3 Å². The second-order valence-electron chi connectivity index (χ2n) is 4.83. The number of hydrogen-bond acceptors (Lipinski definition) is 2. The predicted molar refractivity (Wildman–Crippen MR) is 76.3 cm³/mol. The Kier molecular flexibility index (Phi) is 4.78. The monoisotopic (exact) mass is 310 g/mol. The van der Waals surface area contributed by atoms with Crippen LogP contribution >= 0.6 is 15.9 Å². The smallest absolute Gasteiger partial charge is 0.224 e. The summed E-state index contributed by atoms with van der Waals surface area (Å²) < 4.78 is 1.04. The summed E-state index contributed by atoms with van der Waals surface area (Å²) in [6.07, 6.45) is 2.08. The van der Waals surface area contributed by atoms with Gasteiger partial charge in [-0.25, -0.2) is 0 Å². The third kappa shape index (κ3) is 3.56. The Balaban J connectivity index is 1.94. The lowest BCUT2D eigenvalue weighted by Gasteiger charge is -2.24. The fourth-order valence-corrected chi connectivity index (χ4v) is 2.68. The largest absolute Gasteiger partial charge is 0.349 e. The topological polar surface area (TPSA) is 41.1 Å². The van der Waals surface area contributed by atoms with Crippen LogP contribution in [0.5, 0.6) is 0 Å². The number of hydrogen-bond donors (Lipinski definition) is 2. The minimum atomic E-state index is 0.0527. The Hall–Kier alpha value is -0.870. The minimum absolute atomic E-state index is 0.0527. The summed E-state index contributed by atoms with van der Waals surface area (Å²) in [5, 5.41) is 6.36. The summed E-state index contributed by atoms with van der Waals surface area (Å²) in [6.45, 7) is 3.86. The number of amides is 1. The van der Waals surface area contributed by atoms with Crippen LogP contribution in [0.1, 0.15) is 31.4 Å². The van der Waals surface area contributed by atoms with Crippen molar-refractivity contribution in [1.29, 1.82) is 0 Å². The Morgan fingerprint density at radius 1 is 1.56 bits per heavy atom. The van der Waals surface area contributed by atoms with Gasteiger partial charge in [0, 0.05) is 11.0 Å². The molecule has 2 N–H and O–H groups in total. The number of nitrogens with one attached hydrogen (secondary N) is 2. The van der Waals surface area contributed by atoms with Gasteiger partial charge in [-0.15, -0.1) is 0 Å². The predicted octanol–water partition coefficient (Wildman–Crippen LogP) is 2.63. The van der Waals surface area contributed by atoms with Crippen LogP contribution in [0.3, 0.4) is 0 Å². The van der Waals surface area contributed by atoms with E-state index in [1.165, 1.54) is 0 Å². The van der Waals surface area contributed by atoms with Gasteiger partial charge in [-0.3, -0.25) is 4.79 Å². The third-order valence-corrected chi connectivity index (χ3v) is 3.87. The molecule has 0 aromatic heterocycles. The molecule has 1 aliphatic heterocycles. The maximum absolute atomic E-state index is 12.1. The van der Waals surface area contributed by atoms with E-state index in [0.29, 0.717) is 0 Å². The van der Waals surface area contributed by atoms with Crippen LogP contribution in [0.4, 0.5) is 0 Å². The fraction of sp³-hybridized carbons (Fsp3) is 0.500. The van der Waals surface area contributed by atoms with Crippen molar-refractivity contribution in [3.8, 4) is 0 Å². The number of halogens is 1. The van der Waals surface area contributed by atoms with Crippen molar-refractivity contribution in [3.63, 3.8) is 0 Å². The molecule has 1 fully saturated rings. The summed E-state index contributed by atoms with van der Waals surface area (Å²) in [4.78, 5) is 12.1. The quantitative estimate of drug-likeness (QED) is 0.901. The highest BCUT2D eigenvalue weighted by molar-refractivity contribution is 9.10. The van der Waals surface area contributed by atoms with Gasteiger partial charge in [0.05, 0.1) is 12.0 Å². The molecular weight excluding hydrogens is 292 g/mol. The van der Waals surface area contributed by atoms with Crippen molar-refractivity contribution < 1.29 is 4.79 Å². The first-order chi connectivity index (χ1) is 8.66. The van der Waals surface area contributed by atoms with E-state index in [1.54, 1.807) is 0 Å². The third-order valence-electron chi connectivity index (χ3n) is 3.38. The first-order valence-electron chi connectivity index (χ1n) is 6.43. The van der Waals surface area contributed by atoms with E-state index in [4.69, 9.17) is 0 Å². The van der Waals surface area contributed by atoms with Crippen molar-refractivity contribution >= 4 is 21.8 Å². The lowest BCUT2D eigenvalue weighted by atomic mass is 9.98. The molecule has 2 rings (SSSR count). The molecule has 98 valence electrons. The molecule has 1 heterocycles. The van der Waals surface area contributed by atoms with Crippen LogP contribution in [0.15, 0.2) is 28.7 Å². The van der Waals surface area contributed by atoms with Gasteiger partial charge in [-0.1, -0.05) is 28.1 Å². The normalized spacial score (nSPS) is 21.3. The highest BCUT2D eigenvalue weighted by atomic mass is 79.9. The van der Waals surface area contributed by atoms with Gasteiger partial charge in [0.15, 0.2) is 0 Å². The van der Waals surface area contributed by atoms with Crippen LogP contribution in [0.25, 0.3) is 0 Å². The van der Waals surface area contributed by atoms with Crippen LogP contribution in [-0.2, 0) is 4.79 Å². The maximum atomic E-state index is 12.1. The minimum Gasteiger partial charge on any atom is -0.349 e. The second-order valence-corrected chi connectivity index (χ2v) is 5.74. The summed E-state index contributed by atoms with van der Waals surface area (Å²) in [5.74, 6) is 0.281.